The molecule has 1 N–H and O–H groups in total. The number of rotatable bonds is 7. The Morgan fingerprint density at radius 2 is 1.79 bits per heavy atom. The van der Waals surface area contributed by atoms with E-state index >= 15 is 0 Å². The quantitative estimate of drug-likeness (QED) is 0.619. The summed E-state index contributed by atoms with van der Waals surface area (Å²) in [5.74, 6) is 0.0634. The summed E-state index contributed by atoms with van der Waals surface area (Å²) in [5.41, 5.74) is 2.48. The summed E-state index contributed by atoms with van der Waals surface area (Å²) in [6.07, 6.45) is 2.67. The molecule has 1 unspecified atom stereocenters. The van der Waals surface area contributed by atoms with Gasteiger partial charge in [0, 0.05) is 9.75 Å². The second-order valence-electron chi connectivity index (χ2n) is 5.76. The summed E-state index contributed by atoms with van der Waals surface area (Å²) in [4.78, 5) is 14.7. The molecule has 1 atom stereocenters. The van der Waals surface area contributed by atoms with Crippen molar-refractivity contribution in [3.63, 3.8) is 0 Å². The number of thiophene rings is 2. The first kappa shape index (κ1) is 16.9. The van der Waals surface area contributed by atoms with E-state index in [1.165, 1.54) is 5.56 Å². The van der Waals surface area contributed by atoms with Crippen molar-refractivity contribution in [3.8, 4) is 0 Å². The van der Waals surface area contributed by atoms with Gasteiger partial charge in [0.2, 0.25) is 5.91 Å². The van der Waals surface area contributed by atoms with Crippen molar-refractivity contribution in [3.05, 3.63) is 80.2 Å². The van der Waals surface area contributed by atoms with E-state index in [0.717, 1.165) is 28.2 Å². The Kier molecular flexibility index (Phi) is 5.83. The number of benzene rings is 1. The Morgan fingerprint density at radius 1 is 1.04 bits per heavy atom. The van der Waals surface area contributed by atoms with Crippen LogP contribution in [0.3, 0.4) is 0 Å². The van der Waals surface area contributed by atoms with E-state index in [4.69, 9.17) is 0 Å². The number of hydrogen-bond donors (Lipinski definition) is 1. The van der Waals surface area contributed by atoms with Crippen LogP contribution in [0.4, 0.5) is 0 Å². The van der Waals surface area contributed by atoms with Gasteiger partial charge in [-0.05, 0) is 40.4 Å². The van der Waals surface area contributed by atoms with Crippen LogP contribution in [-0.4, -0.2) is 5.91 Å². The summed E-state index contributed by atoms with van der Waals surface area (Å²) in [5, 5.41) is 7.26. The van der Waals surface area contributed by atoms with E-state index in [-0.39, 0.29) is 11.9 Å². The van der Waals surface area contributed by atoms with Crippen LogP contribution < -0.4 is 5.32 Å². The lowest BCUT2D eigenvalue weighted by atomic mass is 10.0. The molecule has 0 aliphatic carbocycles. The van der Waals surface area contributed by atoms with Gasteiger partial charge in [-0.15, -0.1) is 22.7 Å². The molecule has 124 valence electrons. The molecule has 0 aliphatic rings. The highest BCUT2D eigenvalue weighted by molar-refractivity contribution is 7.10. The second-order valence-corrected chi connectivity index (χ2v) is 7.78. The first-order chi connectivity index (χ1) is 11.8. The molecule has 3 rings (SSSR count). The maximum absolute atomic E-state index is 12.5. The highest BCUT2D eigenvalue weighted by Gasteiger charge is 2.18. The monoisotopic (exact) mass is 355 g/mol. The molecule has 0 radical (unpaired) electrons. The molecule has 0 aliphatic heterocycles. The Bertz CT molecular complexity index is 746. The maximum atomic E-state index is 12.5. The van der Waals surface area contributed by atoms with Crippen molar-refractivity contribution in [1.29, 1.82) is 0 Å². The normalized spacial score (nSPS) is 12.0. The van der Waals surface area contributed by atoms with Crippen LogP contribution in [0.15, 0.2) is 59.3 Å². The van der Waals surface area contributed by atoms with Crippen LogP contribution >= 0.6 is 22.7 Å². The maximum Gasteiger partial charge on any atom is 0.226 e. The standard InChI is InChI=1S/C20H21NOS2/c1-2-5-15-8-10-16(11-9-15)20(18-7-4-13-24-18)21-19(22)14-17-6-3-12-23-17/h3-4,6-13,20H,2,5,14H2,1H3,(H,21,22). The fourth-order valence-corrected chi connectivity index (χ4v) is 4.23. The van der Waals surface area contributed by atoms with Gasteiger partial charge >= 0.3 is 0 Å². The smallest absolute Gasteiger partial charge is 0.226 e. The largest absolute Gasteiger partial charge is 0.344 e. The van der Waals surface area contributed by atoms with E-state index in [0.29, 0.717) is 6.42 Å². The highest BCUT2D eigenvalue weighted by Crippen LogP contribution is 2.27. The number of carbonyl (C=O) groups is 1. The number of carbonyl (C=O) groups excluding carboxylic acids is 1. The van der Waals surface area contributed by atoms with E-state index in [1.807, 2.05) is 23.6 Å². The van der Waals surface area contributed by atoms with Crippen molar-refractivity contribution in [2.24, 2.45) is 0 Å². The molecule has 0 fully saturated rings. The highest BCUT2D eigenvalue weighted by atomic mass is 32.1. The average molecular weight is 356 g/mol. The van der Waals surface area contributed by atoms with Gasteiger partial charge in [0.1, 0.15) is 0 Å². The van der Waals surface area contributed by atoms with Gasteiger partial charge in [-0.2, -0.15) is 0 Å². The lowest BCUT2D eigenvalue weighted by Crippen LogP contribution is -2.29. The molecule has 2 nitrogen and oxygen atoms in total. The van der Waals surface area contributed by atoms with E-state index in [2.05, 4.69) is 48.0 Å². The van der Waals surface area contributed by atoms with Crippen LogP contribution in [-0.2, 0) is 17.6 Å². The van der Waals surface area contributed by atoms with Crippen molar-refractivity contribution in [2.75, 3.05) is 0 Å². The number of hydrogen-bond acceptors (Lipinski definition) is 3. The summed E-state index contributed by atoms with van der Waals surface area (Å²) < 4.78 is 0. The third-order valence-electron chi connectivity index (χ3n) is 3.90. The van der Waals surface area contributed by atoms with Crippen molar-refractivity contribution in [1.82, 2.24) is 5.32 Å². The number of aryl methyl sites for hydroxylation is 1. The molecule has 1 amide bonds. The van der Waals surface area contributed by atoms with Crippen LogP contribution in [0.5, 0.6) is 0 Å². The number of amides is 1. The summed E-state index contributed by atoms with van der Waals surface area (Å²) in [7, 11) is 0. The SMILES string of the molecule is CCCc1ccc(C(NC(=O)Cc2cccs2)c2cccs2)cc1. The van der Waals surface area contributed by atoms with Gasteiger partial charge in [-0.25, -0.2) is 0 Å². The van der Waals surface area contributed by atoms with Crippen LogP contribution in [0.1, 0.15) is 40.3 Å². The minimum Gasteiger partial charge on any atom is -0.344 e. The third kappa shape index (κ3) is 4.34. The van der Waals surface area contributed by atoms with Crippen molar-refractivity contribution >= 4 is 28.6 Å². The molecule has 2 heterocycles. The third-order valence-corrected chi connectivity index (χ3v) is 5.71. The van der Waals surface area contributed by atoms with E-state index in [9.17, 15) is 4.79 Å². The molecule has 0 spiro atoms. The van der Waals surface area contributed by atoms with E-state index < -0.39 is 0 Å². The first-order valence-electron chi connectivity index (χ1n) is 8.20. The van der Waals surface area contributed by atoms with Gasteiger partial charge in [-0.1, -0.05) is 49.7 Å². The second kappa shape index (κ2) is 8.27. The molecule has 4 heteroatoms. The van der Waals surface area contributed by atoms with Gasteiger partial charge in [0.05, 0.1) is 12.5 Å². The lowest BCUT2D eigenvalue weighted by molar-refractivity contribution is -0.120. The molecular weight excluding hydrogens is 334 g/mol. The first-order valence-corrected chi connectivity index (χ1v) is 9.96. The molecule has 3 aromatic rings. The fraction of sp³-hybridized carbons (Fsp3) is 0.250. The molecule has 0 saturated carbocycles. The Hall–Kier alpha value is -1.91. The van der Waals surface area contributed by atoms with Gasteiger partial charge in [0.15, 0.2) is 0 Å². The number of nitrogens with one attached hydrogen (secondary N) is 1. The fourth-order valence-electron chi connectivity index (χ4n) is 2.72. The summed E-state index contributed by atoms with van der Waals surface area (Å²) in [6.45, 7) is 2.19. The van der Waals surface area contributed by atoms with Gasteiger partial charge in [-0.3, -0.25) is 4.79 Å². The van der Waals surface area contributed by atoms with Crippen LogP contribution in [0, 0.1) is 0 Å². The van der Waals surface area contributed by atoms with Crippen molar-refractivity contribution in [2.45, 2.75) is 32.2 Å². The molecule has 2 aromatic heterocycles. The molecule has 0 saturated heterocycles. The molecule has 0 bridgehead atoms. The minimum absolute atomic E-state index is 0.0634. The predicted molar refractivity (Wildman–Crippen MR) is 103 cm³/mol. The minimum atomic E-state index is -0.0758. The molecule has 24 heavy (non-hydrogen) atoms. The topological polar surface area (TPSA) is 29.1 Å². The predicted octanol–water partition coefficient (Wildman–Crippen LogP) is 5.21. The zero-order chi connectivity index (χ0) is 16.8. The van der Waals surface area contributed by atoms with Crippen LogP contribution in [0.25, 0.3) is 0 Å². The van der Waals surface area contributed by atoms with E-state index in [1.54, 1.807) is 22.7 Å². The molecular formula is C20H21NOS2. The zero-order valence-corrected chi connectivity index (χ0v) is 15.3. The van der Waals surface area contributed by atoms with Gasteiger partial charge in [0.25, 0.3) is 0 Å². The van der Waals surface area contributed by atoms with Crippen molar-refractivity contribution < 1.29 is 4.79 Å². The Morgan fingerprint density at radius 3 is 2.42 bits per heavy atom. The zero-order valence-electron chi connectivity index (χ0n) is 13.7. The lowest BCUT2D eigenvalue weighted by Gasteiger charge is -2.18. The van der Waals surface area contributed by atoms with Crippen LogP contribution in [0.2, 0.25) is 0 Å². The Labute approximate surface area is 151 Å². The summed E-state index contributed by atoms with van der Waals surface area (Å²) in [6, 6.07) is 16.6. The van der Waals surface area contributed by atoms with Gasteiger partial charge < -0.3 is 5.32 Å². The average Bonchev–Trinajstić information content (AvgIpc) is 3.27. The summed E-state index contributed by atoms with van der Waals surface area (Å²) >= 11 is 3.30. The Balaban J connectivity index is 1.77. The molecule has 1 aromatic carbocycles.